The Morgan fingerprint density at radius 1 is 1.36 bits per heavy atom. The number of primary sulfonamides is 1. The van der Waals surface area contributed by atoms with Gasteiger partial charge in [0.15, 0.2) is 0 Å². The van der Waals surface area contributed by atoms with Crippen molar-refractivity contribution in [2.24, 2.45) is 5.14 Å². The molecular formula is C14H16N2O4S2. The lowest BCUT2D eigenvalue weighted by Crippen LogP contribution is -2.27. The van der Waals surface area contributed by atoms with Crippen molar-refractivity contribution in [3.8, 4) is 5.75 Å². The third-order valence-corrected chi connectivity index (χ3v) is 5.03. The van der Waals surface area contributed by atoms with Gasteiger partial charge in [-0.1, -0.05) is 6.07 Å². The van der Waals surface area contributed by atoms with Gasteiger partial charge in [-0.05, 0) is 36.6 Å². The first kappa shape index (κ1) is 16.5. The zero-order chi connectivity index (χ0) is 16.3. The van der Waals surface area contributed by atoms with Crippen LogP contribution in [-0.2, 0) is 10.0 Å². The summed E-state index contributed by atoms with van der Waals surface area (Å²) in [6.07, 6.45) is 0. The number of rotatable bonds is 5. The Hall–Kier alpha value is -1.90. The van der Waals surface area contributed by atoms with Gasteiger partial charge in [0.1, 0.15) is 5.75 Å². The minimum Gasteiger partial charge on any atom is -0.496 e. The number of sulfonamides is 1. The molecule has 0 aliphatic carbocycles. The zero-order valence-electron chi connectivity index (χ0n) is 12.1. The van der Waals surface area contributed by atoms with Crippen LogP contribution in [0.5, 0.6) is 5.75 Å². The molecule has 0 spiro atoms. The highest BCUT2D eigenvalue weighted by Crippen LogP contribution is 2.24. The Kier molecular flexibility index (Phi) is 4.84. The van der Waals surface area contributed by atoms with Crippen molar-refractivity contribution in [3.63, 3.8) is 0 Å². The van der Waals surface area contributed by atoms with E-state index in [2.05, 4.69) is 5.32 Å². The molecular weight excluding hydrogens is 324 g/mol. The number of nitrogens with one attached hydrogen (secondary N) is 1. The van der Waals surface area contributed by atoms with Gasteiger partial charge >= 0.3 is 0 Å². The minimum atomic E-state index is -3.89. The molecule has 1 amide bonds. The molecule has 0 aliphatic rings. The van der Waals surface area contributed by atoms with Gasteiger partial charge in [-0.15, -0.1) is 11.3 Å². The fourth-order valence-corrected chi connectivity index (χ4v) is 3.20. The van der Waals surface area contributed by atoms with Gasteiger partial charge in [0.05, 0.1) is 23.6 Å². The number of carbonyl (C=O) groups excluding carboxylic acids is 1. The zero-order valence-corrected chi connectivity index (χ0v) is 13.7. The Labute approximate surface area is 133 Å². The van der Waals surface area contributed by atoms with E-state index in [0.29, 0.717) is 0 Å². The van der Waals surface area contributed by atoms with Crippen molar-refractivity contribution in [2.45, 2.75) is 17.9 Å². The number of amides is 1. The van der Waals surface area contributed by atoms with Gasteiger partial charge in [0.2, 0.25) is 10.0 Å². The summed E-state index contributed by atoms with van der Waals surface area (Å²) in [5.41, 5.74) is 0.123. The number of methoxy groups -OCH3 is 1. The van der Waals surface area contributed by atoms with Crippen molar-refractivity contribution in [1.29, 1.82) is 0 Å². The smallest absolute Gasteiger partial charge is 0.255 e. The van der Waals surface area contributed by atoms with E-state index in [0.717, 1.165) is 4.88 Å². The van der Waals surface area contributed by atoms with Crippen LogP contribution in [0.15, 0.2) is 40.6 Å². The Morgan fingerprint density at radius 2 is 2.09 bits per heavy atom. The Balaban J connectivity index is 2.31. The summed E-state index contributed by atoms with van der Waals surface area (Å²) in [5.74, 6) is -0.147. The summed E-state index contributed by atoms with van der Waals surface area (Å²) in [6, 6.07) is 7.52. The van der Waals surface area contributed by atoms with Crippen LogP contribution in [0.4, 0.5) is 0 Å². The van der Waals surface area contributed by atoms with E-state index in [1.807, 2.05) is 24.4 Å². The van der Waals surface area contributed by atoms with E-state index in [4.69, 9.17) is 9.88 Å². The number of ether oxygens (including phenoxy) is 1. The van der Waals surface area contributed by atoms with Gasteiger partial charge in [0, 0.05) is 4.88 Å². The summed E-state index contributed by atoms with van der Waals surface area (Å²) < 4.78 is 28.0. The molecule has 3 N–H and O–H groups in total. The van der Waals surface area contributed by atoms with E-state index in [1.54, 1.807) is 0 Å². The van der Waals surface area contributed by atoms with Gasteiger partial charge < -0.3 is 10.1 Å². The molecule has 1 aromatic carbocycles. The summed E-state index contributed by atoms with van der Waals surface area (Å²) in [5, 5.41) is 9.82. The molecule has 2 aromatic rings. The lowest BCUT2D eigenvalue weighted by Gasteiger charge is -2.14. The second-order valence-electron chi connectivity index (χ2n) is 4.62. The molecule has 0 saturated carbocycles. The lowest BCUT2D eigenvalue weighted by molar-refractivity contribution is 0.0937. The van der Waals surface area contributed by atoms with Crippen molar-refractivity contribution < 1.29 is 17.9 Å². The monoisotopic (exact) mass is 340 g/mol. The average molecular weight is 340 g/mol. The van der Waals surface area contributed by atoms with E-state index in [9.17, 15) is 13.2 Å². The van der Waals surface area contributed by atoms with Gasteiger partial charge in [-0.3, -0.25) is 4.79 Å². The fourth-order valence-electron chi connectivity index (χ4n) is 1.92. The first-order valence-electron chi connectivity index (χ1n) is 6.38. The van der Waals surface area contributed by atoms with Gasteiger partial charge in [-0.2, -0.15) is 0 Å². The standard InChI is InChI=1S/C14H16N2O4S2/c1-9(13-4-3-7-21-13)16-14(17)11-8-10(22(15,18)19)5-6-12(11)20-2/h3-9H,1-2H3,(H,16,17)(H2,15,18,19)/t9-/m0/s1. The van der Waals surface area contributed by atoms with E-state index in [-0.39, 0.29) is 22.3 Å². The minimum absolute atomic E-state index is 0.123. The van der Waals surface area contributed by atoms with Crippen LogP contribution in [0.1, 0.15) is 28.2 Å². The molecule has 0 bridgehead atoms. The van der Waals surface area contributed by atoms with Crippen molar-refractivity contribution in [2.75, 3.05) is 7.11 Å². The summed E-state index contributed by atoms with van der Waals surface area (Å²) >= 11 is 1.52. The molecule has 1 atom stereocenters. The second kappa shape index (κ2) is 6.47. The van der Waals surface area contributed by atoms with Crippen LogP contribution in [0.25, 0.3) is 0 Å². The molecule has 0 saturated heterocycles. The molecule has 118 valence electrons. The average Bonchev–Trinajstić information content (AvgIpc) is 2.99. The second-order valence-corrected chi connectivity index (χ2v) is 7.16. The first-order valence-corrected chi connectivity index (χ1v) is 8.80. The normalized spacial score (nSPS) is 12.7. The highest BCUT2D eigenvalue weighted by molar-refractivity contribution is 7.89. The molecule has 22 heavy (non-hydrogen) atoms. The van der Waals surface area contributed by atoms with Crippen LogP contribution in [0, 0.1) is 0 Å². The SMILES string of the molecule is COc1ccc(S(N)(=O)=O)cc1C(=O)N[C@@H](C)c1cccs1. The molecule has 0 fully saturated rings. The molecule has 0 aliphatic heterocycles. The molecule has 6 nitrogen and oxygen atoms in total. The summed E-state index contributed by atoms with van der Waals surface area (Å²) in [7, 11) is -2.48. The number of hydrogen-bond donors (Lipinski definition) is 2. The van der Waals surface area contributed by atoms with Crippen LogP contribution < -0.4 is 15.2 Å². The number of carbonyl (C=O) groups is 1. The highest BCUT2D eigenvalue weighted by Gasteiger charge is 2.19. The van der Waals surface area contributed by atoms with Crippen molar-refractivity contribution >= 4 is 27.3 Å². The largest absolute Gasteiger partial charge is 0.496 e. The molecule has 2 rings (SSSR count). The van der Waals surface area contributed by atoms with Crippen molar-refractivity contribution in [3.05, 3.63) is 46.2 Å². The predicted molar refractivity (Wildman–Crippen MR) is 84.6 cm³/mol. The van der Waals surface area contributed by atoms with Gasteiger partial charge in [0.25, 0.3) is 5.91 Å². The van der Waals surface area contributed by atoms with Crippen LogP contribution in [0.3, 0.4) is 0 Å². The van der Waals surface area contributed by atoms with E-state index >= 15 is 0 Å². The maximum atomic E-state index is 12.4. The number of hydrogen-bond acceptors (Lipinski definition) is 5. The maximum absolute atomic E-state index is 12.4. The molecule has 8 heteroatoms. The number of thiophene rings is 1. The Bertz CT molecular complexity index is 770. The topological polar surface area (TPSA) is 98.5 Å². The third kappa shape index (κ3) is 3.65. The first-order chi connectivity index (χ1) is 10.3. The summed E-state index contributed by atoms with van der Waals surface area (Å²) in [6.45, 7) is 1.85. The van der Waals surface area contributed by atoms with Crippen molar-refractivity contribution in [1.82, 2.24) is 5.32 Å². The molecule has 1 aromatic heterocycles. The fraction of sp³-hybridized carbons (Fsp3) is 0.214. The quantitative estimate of drug-likeness (QED) is 0.868. The number of benzene rings is 1. The lowest BCUT2D eigenvalue weighted by atomic mass is 10.1. The predicted octanol–water partition coefficient (Wildman–Crippen LogP) is 1.90. The van der Waals surface area contributed by atoms with Crippen LogP contribution in [-0.4, -0.2) is 21.4 Å². The Morgan fingerprint density at radius 3 is 2.64 bits per heavy atom. The van der Waals surface area contributed by atoms with Crippen LogP contribution in [0.2, 0.25) is 0 Å². The van der Waals surface area contributed by atoms with Crippen LogP contribution >= 0.6 is 11.3 Å². The molecule has 0 unspecified atom stereocenters. The molecule has 1 heterocycles. The summed E-state index contributed by atoms with van der Waals surface area (Å²) in [4.78, 5) is 13.2. The molecule has 0 radical (unpaired) electrons. The van der Waals surface area contributed by atoms with E-state index < -0.39 is 15.9 Å². The maximum Gasteiger partial charge on any atom is 0.255 e. The van der Waals surface area contributed by atoms with E-state index in [1.165, 1.54) is 36.6 Å². The number of nitrogens with two attached hydrogens (primary N) is 1. The van der Waals surface area contributed by atoms with Gasteiger partial charge in [-0.25, -0.2) is 13.6 Å². The highest BCUT2D eigenvalue weighted by atomic mass is 32.2. The third-order valence-electron chi connectivity index (χ3n) is 3.06.